The highest BCUT2D eigenvalue weighted by Gasteiger charge is 2.66. The molecule has 2 bridgehead atoms. The number of aryl methyl sites for hydroxylation is 2. The number of nitrogens with one attached hydrogen (secondary N) is 1. The minimum atomic E-state index is -0.683. The van der Waals surface area contributed by atoms with E-state index in [1.807, 2.05) is 32.0 Å². The molecule has 7 nitrogen and oxygen atoms in total. The number of esters is 1. The number of carbonyl (C=O) groups is 4. The SMILES string of the molecule is Cc1cccc(C)c1NC(=O)COC(=O)c1ccc(N2C(=O)[C@@H]3[C@H]4C[C@@H]([C@H](Cl)[C@H]4Cl)[C@@H]3C2=O)cc1. The van der Waals surface area contributed by atoms with Crippen LogP contribution >= 0.6 is 23.2 Å². The second-order valence-electron chi connectivity index (χ2n) is 9.45. The number of alkyl halides is 2. The fraction of sp³-hybridized carbons (Fsp3) is 0.385. The van der Waals surface area contributed by atoms with Crippen molar-refractivity contribution in [3.63, 3.8) is 0 Å². The molecular formula is C26H24Cl2N2O5. The van der Waals surface area contributed by atoms with Crippen LogP contribution in [-0.2, 0) is 19.1 Å². The van der Waals surface area contributed by atoms with E-state index >= 15 is 0 Å². The van der Waals surface area contributed by atoms with Crippen LogP contribution in [0.2, 0.25) is 0 Å². The van der Waals surface area contributed by atoms with Gasteiger partial charge >= 0.3 is 5.97 Å². The zero-order valence-corrected chi connectivity index (χ0v) is 20.7. The molecule has 0 spiro atoms. The molecule has 2 saturated carbocycles. The molecule has 2 aromatic rings. The molecule has 5 rings (SSSR count). The van der Waals surface area contributed by atoms with Crippen molar-refractivity contribution >= 4 is 58.3 Å². The summed E-state index contributed by atoms with van der Waals surface area (Å²) in [7, 11) is 0. The molecule has 0 radical (unpaired) electrons. The molecule has 3 fully saturated rings. The lowest BCUT2D eigenvalue weighted by Crippen LogP contribution is -2.37. The van der Waals surface area contributed by atoms with Crippen molar-refractivity contribution in [2.75, 3.05) is 16.8 Å². The lowest BCUT2D eigenvalue weighted by molar-refractivity contribution is -0.123. The zero-order chi connectivity index (χ0) is 25.0. The molecule has 35 heavy (non-hydrogen) atoms. The first-order valence-corrected chi connectivity index (χ1v) is 12.4. The van der Waals surface area contributed by atoms with Gasteiger partial charge in [-0.25, -0.2) is 4.79 Å². The van der Waals surface area contributed by atoms with Gasteiger partial charge in [0.15, 0.2) is 6.61 Å². The van der Waals surface area contributed by atoms with E-state index in [0.717, 1.165) is 11.1 Å². The molecule has 1 heterocycles. The van der Waals surface area contributed by atoms with Crippen LogP contribution in [0.4, 0.5) is 11.4 Å². The average Bonchev–Trinajstić information content (AvgIpc) is 3.45. The van der Waals surface area contributed by atoms with Crippen molar-refractivity contribution < 1.29 is 23.9 Å². The summed E-state index contributed by atoms with van der Waals surface area (Å²) in [5.41, 5.74) is 3.10. The maximum absolute atomic E-state index is 13.1. The second kappa shape index (κ2) is 8.95. The fourth-order valence-corrected chi connectivity index (χ4v) is 6.64. The Morgan fingerprint density at radius 2 is 1.49 bits per heavy atom. The maximum Gasteiger partial charge on any atom is 0.338 e. The number of nitrogens with zero attached hydrogens (tertiary/aromatic N) is 1. The molecule has 0 aromatic heterocycles. The maximum atomic E-state index is 13.1. The lowest BCUT2D eigenvalue weighted by atomic mass is 9.80. The first-order valence-electron chi connectivity index (χ1n) is 11.5. The summed E-state index contributed by atoms with van der Waals surface area (Å²) in [4.78, 5) is 52.1. The van der Waals surface area contributed by atoms with Gasteiger partial charge in [-0.2, -0.15) is 0 Å². The molecule has 9 heteroatoms. The van der Waals surface area contributed by atoms with Crippen LogP contribution in [0.1, 0.15) is 27.9 Å². The van der Waals surface area contributed by atoms with Gasteiger partial charge in [-0.3, -0.25) is 19.3 Å². The number of hydrogen-bond acceptors (Lipinski definition) is 5. The highest BCUT2D eigenvalue weighted by Crippen LogP contribution is 2.59. The molecule has 2 aromatic carbocycles. The van der Waals surface area contributed by atoms with E-state index in [4.69, 9.17) is 27.9 Å². The van der Waals surface area contributed by atoms with Gasteiger partial charge in [0, 0.05) is 5.69 Å². The number of amides is 3. The van der Waals surface area contributed by atoms with Gasteiger partial charge in [-0.1, -0.05) is 18.2 Å². The quantitative estimate of drug-likeness (QED) is 0.368. The van der Waals surface area contributed by atoms with Crippen molar-refractivity contribution in [3.8, 4) is 0 Å². The number of rotatable bonds is 5. The summed E-state index contributed by atoms with van der Waals surface area (Å²) in [6.45, 7) is 3.32. The van der Waals surface area contributed by atoms with E-state index in [1.54, 1.807) is 0 Å². The predicted molar refractivity (Wildman–Crippen MR) is 132 cm³/mol. The van der Waals surface area contributed by atoms with Crippen LogP contribution in [0.3, 0.4) is 0 Å². The third-order valence-corrected chi connectivity index (χ3v) is 8.75. The predicted octanol–water partition coefficient (Wildman–Crippen LogP) is 4.07. The van der Waals surface area contributed by atoms with Gasteiger partial charge in [0.25, 0.3) is 5.91 Å². The van der Waals surface area contributed by atoms with Gasteiger partial charge < -0.3 is 10.1 Å². The summed E-state index contributed by atoms with van der Waals surface area (Å²) in [5.74, 6) is -2.73. The second-order valence-corrected chi connectivity index (χ2v) is 10.5. The Labute approximate surface area is 212 Å². The molecule has 0 unspecified atom stereocenters. The Morgan fingerprint density at radius 1 is 0.943 bits per heavy atom. The standard InChI is InChI=1S/C26H24Cl2N2O5/c1-12-4-3-5-13(2)23(12)29-18(31)11-35-26(34)14-6-8-15(9-7-14)30-24(32)19-16-10-17(20(19)25(30)33)22(28)21(16)27/h3-9,16-17,19-22H,10-11H2,1-2H3,(H,29,31)/t16-,17-,19-,20+,21+,22+/m1/s1. The van der Waals surface area contributed by atoms with Crippen molar-refractivity contribution in [3.05, 3.63) is 59.2 Å². The third kappa shape index (κ3) is 3.91. The van der Waals surface area contributed by atoms with E-state index in [9.17, 15) is 19.2 Å². The average molecular weight is 515 g/mol. The highest BCUT2D eigenvalue weighted by molar-refractivity contribution is 6.32. The number of halogens is 2. The first-order chi connectivity index (χ1) is 16.7. The monoisotopic (exact) mass is 514 g/mol. The van der Waals surface area contributed by atoms with Crippen LogP contribution in [0, 0.1) is 37.5 Å². The van der Waals surface area contributed by atoms with E-state index in [2.05, 4.69) is 5.32 Å². The summed E-state index contributed by atoms with van der Waals surface area (Å²) in [6.07, 6.45) is 0.699. The minimum Gasteiger partial charge on any atom is -0.452 e. The molecule has 6 atom stereocenters. The summed E-state index contributed by atoms with van der Waals surface area (Å²) >= 11 is 12.8. The van der Waals surface area contributed by atoms with E-state index < -0.39 is 30.3 Å². The van der Waals surface area contributed by atoms with Crippen LogP contribution in [0.25, 0.3) is 0 Å². The van der Waals surface area contributed by atoms with Gasteiger partial charge in [0.1, 0.15) is 0 Å². The molecule has 182 valence electrons. The summed E-state index contributed by atoms with van der Waals surface area (Å²) in [5, 5.41) is 2.13. The Balaban J connectivity index is 1.22. The van der Waals surface area contributed by atoms with Gasteiger partial charge in [-0.15, -0.1) is 23.2 Å². The van der Waals surface area contributed by atoms with Crippen molar-refractivity contribution in [1.82, 2.24) is 0 Å². The number of para-hydroxylation sites is 1. The number of carbonyl (C=O) groups excluding carboxylic acids is 4. The molecule has 3 amide bonds. The highest BCUT2D eigenvalue weighted by atomic mass is 35.5. The summed E-state index contributed by atoms with van der Waals surface area (Å²) < 4.78 is 5.14. The van der Waals surface area contributed by atoms with Crippen LogP contribution in [0.5, 0.6) is 0 Å². The Hall–Kier alpha value is -2.90. The number of hydrogen-bond donors (Lipinski definition) is 1. The van der Waals surface area contributed by atoms with Gasteiger partial charge in [0.05, 0.1) is 33.8 Å². The molecule has 1 saturated heterocycles. The fourth-order valence-electron chi connectivity index (χ4n) is 5.75. The minimum absolute atomic E-state index is 0.0977. The number of imide groups is 1. The topological polar surface area (TPSA) is 92.8 Å². The van der Waals surface area contributed by atoms with Crippen molar-refractivity contribution in [2.24, 2.45) is 23.7 Å². The number of ether oxygens (including phenoxy) is 1. The van der Waals surface area contributed by atoms with Crippen molar-refractivity contribution in [1.29, 1.82) is 0 Å². The number of benzene rings is 2. The molecule has 1 N–H and O–H groups in total. The number of fused-ring (bicyclic) bond motifs is 5. The third-order valence-electron chi connectivity index (χ3n) is 7.43. The Kier molecular flexibility index (Phi) is 6.09. The largest absolute Gasteiger partial charge is 0.452 e. The normalized spacial score (nSPS) is 28.9. The molecular weight excluding hydrogens is 491 g/mol. The zero-order valence-electron chi connectivity index (χ0n) is 19.2. The van der Waals surface area contributed by atoms with Crippen LogP contribution in [-0.4, -0.2) is 41.1 Å². The smallest absolute Gasteiger partial charge is 0.338 e. The van der Waals surface area contributed by atoms with E-state index in [-0.39, 0.29) is 40.0 Å². The molecule has 1 aliphatic heterocycles. The Bertz CT molecular complexity index is 1180. The van der Waals surface area contributed by atoms with E-state index in [1.165, 1.54) is 29.2 Å². The van der Waals surface area contributed by atoms with Crippen LogP contribution in [0.15, 0.2) is 42.5 Å². The van der Waals surface area contributed by atoms with E-state index in [0.29, 0.717) is 17.8 Å². The molecule has 2 aliphatic carbocycles. The van der Waals surface area contributed by atoms with Crippen molar-refractivity contribution in [2.45, 2.75) is 31.0 Å². The first kappa shape index (κ1) is 23.8. The van der Waals surface area contributed by atoms with Gasteiger partial charge in [0.2, 0.25) is 11.8 Å². The number of anilines is 2. The lowest BCUT2D eigenvalue weighted by Gasteiger charge is -2.28. The van der Waals surface area contributed by atoms with Crippen LogP contribution < -0.4 is 10.2 Å². The van der Waals surface area contributed by atoms with Gasteiger partial charge in [-0.05, 0) is 67.5 Å². The molecule has 3 aliphatic rings. The summed E-state index contributed by atoms with van der Waals surface area (Å²) in [6, 6.07) is 11.7. The Morgan fingerprint density at radius 3 is 2.03 bits per heavy atom.